The number of nitrogens with one attached hydrogen (secondary N) is 1. The summed E-state index contributed by atoms with van der Waals surface area (Å²) in [7, 11) is 3.36. The number of benzene rings is 2. The second kappa shape index (κ2) is 9.21. The normalized spacial score (nSPS) is 10.3. The summed E-state index contributed by atoms with van der Waals surface area (Å²) in [6.45, 7) is 5.90. The molecule has 156 valence electrons. The van der Waals surface area contributed by atoms with E-state index in [0.717, 1.165) is 16.8 Å². The molecule has 0 saturated heterocycles. The summed E-state index contributed by atoms with van der Waals surface area (Å²) >= 11 is 0. The van der Waals surface area contributed by atoms with Crippen LogP contribution < -0.4 is 10.1 Å². The van der Waals surface area contributed by atoms with Crippen LogP contribution in [0.5, 0.6) is 5.75 Å². The van der Waals surface area contributed by atoms with Crippen LogP contribution in [0.15, 0.2) is 55.1 Å². The van der Waals surface area contributed by atoms with E-state index in [1.165, 1.54) is 6.07 Å². The van der Waals surface area contributed by atoms with Crippen molar-refractivity contribution >= 4 is 11.6 Å². The van der Waals surface area contributed by atoms with Crippen molar-refractivity contribution in [1.29, 1.82) is 0 Å². The number of ether oxygens (including phenoxy) is 1. The first-order chi connectivity index (χ1) is 14.5. The van der Waals surface area contributed by atoms with E-state index in [-0.39, 0.29) is 5.82 Å². The molecule has 0 bridgehead atoms. The van der Waals surface area contributed by atoms with Gasteiger partial charge >= 0.3 is 0 Å². The van der Waals surface area contributed by atoms with Gasteiger partial charge in [0.15, 0.2) is 5.82 Å². The van der Waals surface area contributed by atoms with Crippen LogP contribution in [0.25, 0.3) is 17.1 Å². The number of aromatic nitrogens is 5. The molecule has 0 unspecified atom stereocenters. The summed E-state index contributed by atoms with van der Waals surface area (Å²) in [4.78, 5) is 8.58. The molecule has 0 spiro atoms. The van der Waals surface area contributed by atoms with Crippen molar-refractivity contribution in [2.75, 3.05) is 12.4 Å². The smallest absolute Gasteiger partial charge is 0.226 e. The van der Waals surface area contributed by atoms with Gasteiger partial charge in [-0.25, -0.2) is 14.1 Å². The lowest BCUT2D eigenvalue weighted by Crippen LogP contribution is -2.02. The Morgan fingerprint density at radius 1 is 1.10 bits per heavy atom. The van der Waals surface area contributed by atoms with Gasteiger partial charge < -0.3 is 14.6 Å². The lowest BCUT2D eigenvalue weighted by molar-refractivity contribution is 0.413. The number of hydrogen-bond acceptors (Lipinski definition) is 5. The zero-order valence-electron chi connectivity index (χ0n) is 17.7. The average Bonchev–Trinajstić information content (AvgIpc) is 3.42. The van der Waals surface area contributed by atoms with Crippen LogP contribution in [0.4, 0.5) is 16.0 Å². The Hall–Kier alpha value is -3.68. The summed E-state index contributed by atoms with van der Waals surface area (Å²) in [5.74, 6) is 1.27. The second-order valence-corrected chi connectivity index (χ2v) is 6.35. The van der Waals surface area contributed by atoms with Crippen molar-refractivity contribution in [3.8, 4) is 22.8 Å². The molecule has 0 aliphatic heterocycles. The van der Waals surface area contributed by atoms with Crippen molar-refractivity contribution in [1.82, 2.24) is 24.3 Å². The molecule has 0 aliphatic rings. The molecule has 0 saturated carbocycles. The molecule has 4 rings (SSSR count). The molecule has 0 aliphatic carbocycles. The van der Waals surface area contributed by atoms with Gasteiger partial charge in [0.2, 0.25) is 5.95 Å². The third kappa shape index (κ3) is 4.32. The van der Waals surface area contributed by atoms with Gasteiger partial charge in [0, 0.05) is 25.0 Å². The summed E-state index contributed by atoms with van der Waals surface area (Å²) in [5.41, 5.74) is 2.95. The van der Waals surface area contributed by atoms with E-state index < -0.39 is 0 Å². The van der Waals surface area contributed by atoms with E-state index in [2.05, 4.69) is 20.4 Å². The molecule has 2 aromatic carbocycles. The van der Waals surface area contributed by atoms with Gasteiger partial charge in [0.1, 0.15) is 11.6 Å². The van der Waals surface area contributed by atoms with Gasteiger partial charge in [0.05, 0.1) is 24.8 Å². The lowest BCUT2D eigenvalue weighted by atomic mass is 10.1. The standard InChI is InChI=1S/C20H19FN6O.C2H6/c1-13-4-6-15(21)16(10-13)23-20-24-19(25-26(20)2)14-5-7-17(18(11-14)28-3)27-9-8-22-12-27;1-2/h4-12H,1-3H3,(H,23,24,25);1-2H3. The summed E-state index contributed by atoms with van der Waals surface area (Å²) in [6.07, 6.45) is 5.25. The number of nitrogens with zero attached hydrogens (tertiary/aromatic N) is 5. The van der Waals surface area contributed by atoms with Crippen LogP contribution in [0.2, 0.25) is 0 Å². The first-order valence-corrected chi connectivity index (χ1v) is 9.66. The highest BCUT2D eigenvalue weighted by atomic mass is 19.1. The molecule has 0 amide bonds. The summed E-state index contributed by atoms with van der Waals surface area (Å²) in [6, 6.07) is 10.6. The number of methoxy groups -OCH3 is 1. The Balaban J connectivity index is 0.00000124. The van der Waals surface area contributed by atoms with Crippen molar-refractivity contribution in [2.24, 2.45) is 7.05 Å². The Kier molecular flexibility index (Phi) is 6.46. The van der Waals surface area contributed by atoms with E-state index in [4.69, 9.17) is 4.74 Å². The monoisotopic (exact) mass is 408 g/mol. The van der Waals surface area contributed by atoms with E-state index >= 15 is 0 Å². The quantitative estimate of drug-likeness (QED) is 0.509. The van der Waals surface area contributed by atoms with Crippen LogP contribution in [0.3, 0.4) is 0 Å². The largest absolute Gasteiger partial charge is 0.495 e. The Labute approximate surface area is 175 Å². The first-order valence-electron chi connectivity index (χ1n) is 9.66. The Bertz CT molecular complexity index is 1120. The molecule has 0 fully saturated rings. The highest BCUT2D eigenvalue weighted by molar-refractivity contribution is 5.65. The number of anilines is 2. The van der Waals surface area contributed by atoms with E-state index in [1.54, 1.807) is 43.5 Å². The van der Waals surface area contributed by atoms with Gasteiger partial charge in [-0.3, -0.25) is 0 Å². The number of imidazole rings is 1. The number of halogens is 1. The Morgan fingerprint density at radius 2 is 1.90 bits per heavy atom. The minimum atomic E-state index is -0.346. The van der Waals surface area contributed by atoms with Gasteiger partial charge in [-0.05, 0) is 42.8 Å². The molecule has 7 nitrogen and oxygen atoms in total. The van der Waals surface area contributed by atoms with Gasteiger partial charge in [-0.1, -0.05) is 19.9 Å². The second-order valence-electron chi connectivity index (χ2n) is 6.35. The maximum atomic E-state index is 14.1. The van der Waals surface area contributed by atoms with E-state index in [0.29, 0.717) is 23.2 Å². The summed E-state index contributed by atoms with van der Waals surface area (Å²) < 4.78 is 23.0. The fourth-order valence-electron chi connectivity index (χ4n) is 2.90. The van der Waals surface area contributed by atoms with Crippen molar-refractivity contribution < 1.29 is 9.13 Å². The molecule has 1 N–H and O–H groups in total. The van der Waals surface area contributed by atoms with E-state index in [9.17, 15) is 4.39 Å². The minimum Gasteiger partial charge on any atom is -0.495 e. The molecule has 2 heterocycles. The maximum absolute atomic E-state index is 14.1. The lowest BCUT2D eigenvalue weighted by Gasteiger charge is -2.10. The third-order valence-electron chi connectivity index (χ3n) is 4.35. The van der Waals surface area contributed by atoms with Crippen molar-refractivity contribution in [3.63, 3.8) is 0 Å². The average molecular weight is 408 g/mol. The summed E-state index contributed by atoms with van der Waals surface area (Å²) in [5, 5.41) is 7.45. The molecule has 0 radical (unpaired) electrons. The van der Waals surface area contributed by atoms with Crippen LogP contribution in [0, 0.1) is 12.7 Å². The highest BCUT2D eigenvalue weighted by Gasteiger charge is 2.14. The molecule has 30 heavy (non-hydrogen) atoms. The third-order valence-corrected chi connectivity index (χ3v) is 4.35. The van der Waals surface area contributed by atoms with Crippen molar-refractivity contribution in [2.45, 2.75) is 20.8 Å². The Morgan fingerprint density at radius 3 is 2.60 bits per heavy atom. The van der Waals surface area contributed by atoms with Gasteiger partial charge in [-0.15, -0.1) is 5.10 Å². The van der Waals surface area contributed by atoms with Crippen LogP contribution >= 0.6 is 0 Å². The SMILES string of the molecule is CC.COc1cc(-c2nc(Nc3cc(C)ccc3F)n(C)n2)ccc1-n1ccnc1. The van der Waals surface area contributed by atoms with Crippen LogP contribution in [-0.2, 0) is 7.05 Å². The molecule has 0 atom stereocenters. The molecule has 2 aromatic heterocycles. The molecular weight excluding hydrogens is 383 g/mol. The fraction of sp³-hybridized carbons (Fsp3) is 0.227. The fourth-order valence-corrected chi connectivity index (χ4v) is 2.90. The first kappa shape index (κ1) is 21.0. The molecule has 8 heteroatoms. The zero-order valence-corrected chi connectivity index (χ0v) is 17.7. The topological polar surface area (TPSA) is 69.8 Å². The molecular formula is C22H25FN6O. The van der Waals surface area contributed by atoms with Gasteiger partial charge in [0.25, 0.3) is 0 Å². The predicted octanol–water partition coefficient (Wildman–Crippen LogP) is 4.89. The van der Waals surface area contributed by atoms with Crippen LogP contribution in [-0.4, -0.2) is 31.4 Å². The van der Waals surface area contributed by atoms with Gasteiger partial charge in [-0.2, -0.15) is 4.98 Å². The number of aryl methyl sites for hydroxylation is 2. The minimum absolute atomic E-state index is 0.346. The van der Waals surface area contributed by atoms with Crippen LogP contribution in [0.1, 0.15) is 19.4 Å². The zero-order chi connectivity index (χ0) is 21.7. The number of rotatable bonds is 5. The molecule has 4 aromatic rings. The van der Waals surface area contributed by atoms with Crippen molar-refractivity contribution in [3.05, 3.63) is 66.5 Å². The highest BCUT2D eigenvalue weighted by Crippen LogP contribution is 2.29. The number of hydrogen-bond donors (Lipinski definition) is 1. The predicted molar refractivity (Wildman–Crippen MR) is 116 cm³/mol. The van der Waals surface area contributed by atoms with E-state index in [1.807, 2.05) is 49.7 Å². The maximum Gasteiger partial charge on any atom is 0.226 e.